The van der Waals surface area contributed by atoms with Gasteiger partial charge in [-0.05, 0) is 29.9 Å². The van der Waals surface area contributed by atoms with Crippen molar-refractivity contribution in [3.8, 4) is 0 Å². The third-order valence-corrected chi connectivity index (χ3v) is 4.64. The first-order valence-corrected chi connectivity index (χ1v) is 8.04. The van der Waals surface area contributed by atoms with Gasteiger partial charge < -0.3 is 10.2 Å². The Labute approximate surface area is 123 Å². The lowest BCUT2D eigenvalue weighted by molar-refractivity contribution is 0.721. The number of rotatable bonds is 4. The van der Waals surface area contributed by atoms with Gasteiger partial charge in [0.1, 0.15) is 17.5 Å². The first-order valence-electron chi connectivity index (χ1n) is 7.16. The molecule has 4 nitrogen and oxygen atoms in total. The monoisotopic (exact) mass is 288 g/mol. The highest BCUT2D eigenvalue weighted by Crippen LogP contribution is 2.27. The van der Waals surface area contributed by atoms with Crippen molar-refractivity contribution in [2.45, 2.75) is 32.7 Å². The van der Waals surface area contributed by atoms with E-state index in [9.17, 15) is 0 Å². The van der Waals surface area contributed by atoms with Crippen LogP contribution < -0.4 is 10.2 Å². The second kappa shape index (κ2) is 5.79. The summed E-state index contributed by atoms with van der Waals surface area (Å²) < 4.78 is 0. The molecule has 0 aliphatic carbocycles. The summed E-state index contributed by atoms with van der Waals surface area (Å²) in [4.78, 5) is 13.1. The minimum atomic E-state index is 0.912. The van der Waals surface area contributed by atoms with Crippen LogP contribution in [0.3, 0.4) is 0 Å². The molecule has 0 saturated carbocycles. The van der Waals surface area contributed by atoms with Crippen LogP contribution in [0.25, 0.3) is 0 Å². The summed E-state index contributed by atoms with van der Waals surface area (Å²) >= 11 is 1.87. The Morgan fingerprint density at radius 1 is 1.40 bits per heavy atom. The smallest absolute Gasteiger partial charge is 0.134 e. The van der Waals surface area contributed by atoms with Crippen LogP contribution in [-0.4, -0.2) is 23.6 Å². The quantitative estimate of drug-likeness (QED) is 0.938. The Hall–Kier alpha value is -1.62. The molecule has 0 bridgehead atoms. The van der Waals surface area contributed by atoms with Crippen molar-refractivity contribution in [3.63, 3.8) is 0 Å². The van der Waals surface area contributed by atoms with Gasteiger partial charge in [-0.15, -0.1) is 11.3 Å². The lowest BCUT2D eigenvalue weighted by Gasteiger charge is -2.28. The van der Waals surface area contributed by atoms with Crippen molar-refractivity contribution < 1.29 is 0 Å². The summed E-state index contributed by atoms with van der Waals surface area (Å²) in [6.45, 7) is 4.16. The van der Waals surface area contributed by atoms with Crippen LogP contribution in [0.2, 0.25) is 0 Å². The fourth-order valence-corrected chi connectivity index (χ4v) is 3.44. The van der Waals surface area contributed by atoms with Crippen LogP contribution in [0, 0.1) is 0 Å². The number of nitrogens with one attached hydrogen (secondary N) is 1. The molecule has 0 unspecified atom stereocenters. The Morgan fingerprint density at radius 3 is 3.10 bits per heavy atom. The van der Waals surface area contributed by atoms with E-state index in [4.69, 9.17) is 4.98 Å². The van der Waals surface area contributed by atoms with Crippen molar-refractivity contribution in [1.29, 1.82) is 0 Å². The number of aryl methyl sites for hydroxylation is 1. The van der Waals surface area contributed by atoms with Crippen molar-refractivity contribution in [3.05, 3.63) is 33.8 Å². The van der Waals surface area contributed by atoms with E-state index in [-0.39, 0.29) is 0 Å². The number of thiophene rings is 1. The average Bonchev–Trinajstić information content (AvgIpc) is 2.94. The Balaban J connectivity index is 1.88. The van der Waals surface area contributed by atoms with Crippen molar-refractivity contribution in [2.75, 3.05) is 23.8 Å². The highest BCUT2D eigenvalue weighted by Gasteiger charge is 2.19. The van der Waals surface area contributed by atoms with Crippen molar-refractivity contribution >= 4 is 23.0 Å². The topological polar surface area (TPSA) is 41.1 Å². The van der Waals surface area contributed by atoms with E-state index in [0.717, 1.165) is 49.8 Å². The Bertz CT molecular complexity index is 593. The molecule has 5 heteroatoms. The first-order chi connectivity index (χ1) is 9.80. The van der Waals surface area contributed by atoms with Gasteiger partial charge in [0.2, 0.25) is 0 Å². The molecule has 0 radical (unpaired) electrons. The predicted octanol–water partition coefficient (Wildman–Crippen LogP) is 3.10. The fraction of sp³-hybridized carbons (Fsp3) is 0.467. The molecule has 3 heterocycles. The molecule has 0 amide bonds. The third-order valence-electron chi connectivity index (χ3n) is 3.62. The summed E-state index contributed by atoms with van der Waals surface area (Å²) in [6.07, 6.45) is 3.12. The van der Waals surface area contributed by atoms with E-state index in [1.54, 1.807) is 0 Å². The van der Waals surface area contributed by atoms with Crippen molar-refractivity contribution in [2.24, 2.45) is 0 Å². The van der Waals surface area contributed by atoms with Crippen LogP contribution in [0.1, 0.15) is 29.6 Å². The van der Waals surface area contributed by atoms with Crippen LogP contribution in [-0.2, 0) is 19.4 Å². The first kappa shape index (κ1) is 13.4. The van der Waals surface area contributed by atoms with Crippen LogP contribution in [0.15, 0.2) is 17.5 Å². The molecule has 0 atom stereocenters. The van der Waals surface area contributed by atoms with Gasteiger partial charge in [0.25, 0.3) is 0 Å². The summed E-state index contributed by atoms with van der Waals surface area (Å²) in [5.74, 6) is 2.89. The Kier molecular flexibility index (Phi) is 3.87. The molecular formula is C15H20N4S. The van der Waals surface area contributed by atoms with E-state index in [0.29, 0.717) is 0 Å². The number of aromatic nitrogens is 2. The maximum absolute atomic E-state index is 4.73. The lowest BCUT2D eigenvalue weighted by atomic mass is 10.1. The maximum atomic E-state index is 4.73. The van der Waals surface area contributed by atoms with Gasteiger partial charge in [0, 0.05) is 37.5 Å². The second-order valence-electron chi connectivity index (χ2n) is 5.07. The minimum Gasteiger partial charge on any atom is -0.373 e. The van der Waals surface area contributed by atoms with E-state index in [1.807, 2.05) is 18.4 Å². The number of fused-ring (bicyclic) bond motifs is 1. The highest BCUT2D eigenvalue weighted by molar-refractivity contribution is 7.10. The molecule has 1 N–H and O–H groups in total. The van der Waals surface area contributed by atoms with Gasteiger partial charge in [0.15, 0.2) is 0 Å². The van der Waals surface area contributed by atoms with Gasteiger partial charge in [-0.1, -0.05) is 6.92 Å². The molecule has 2 aromatic heterocycles. The van der Waals surface area contributed by atoms with Gasteiger partial charge in [0.05, 0.1) is 0 Å². The van der Waals surface area contributed by atoms with Crippen LogP contribution in [0.4, 0.5) is 11.6 Å². The minimum absolute atomic E-state index is 0.912. The standard InChI is InChI=1S/C15H20N4S/c1-3-4-13-17-14(16-2)9-15(18-13)19-7-5-12-11(10-19)6-8-20-12/h6,8-9H,3-5,7,10H2,1-2H3,(H,16,17,18). The molecule has 1 aliphatic heterocycles. The predicted molar refractivity (Wildman–Crippen MR) is 84.6 cm³/mol. The summed E-state index contributed by atoms with van der Waals surface area (Å²) in [5.41, 5.74) is 1.45. The summed E-state index contributed by atoms with van der Waals surface area (Å²) in [5, 5.41) is 5.33. The molecule has 0 fully saturated rings. The van der Waals surface area contributed by atoms with Crippen LogP contribution in [0.5, 0.6) is 0 Å². The number of anilines is 2. The molecule has 106 valence electrons. The normalized spacial score (nSPS) is 14.2. The zero-order valence-corrected chi connectivity index (χ0v) is 12.8. The molecule has 1 aliphatic rings. The molecule has 0 aromatic carbocycles. The largest absolute Gasteiger partial charge is 0.373 e. The zero-order valence-electron chi connectivity index (χ0n) is 12.0. The summed E-state index contributed by atoms with van der Waals surface area (Å²) in [6, 6.07) is 4.29. The molecule has 3 rings (SSSR count). The third kappa shape index (κ3) is 2.63. The van der Waals surface area contributed by atoms with Crippen molar-refractivity contribution in [1.82, 2.24) is 9.97 Å². The number of hydrogen-bond donors (Lipinski definition) is 1. The SMILES string of the molecule is CCCc1nc(NC)cc(N2CCc3sccc3C2)n1. The Morgan fingerprint density at radius 2 is 2.30 bits per heavy atom. The van der Waals surface area contributed by atoms with Gasteiger partial charge in [-0.25, -0.2) is 9.97 Å². The van der Waals surface area contributed by atoms with Gasteiger partial charge in [-0.3, -0.25) is 0 Å². The van der Waals surface area contributed by atoms with E-state index >= 15 is 0 Å². The fourth-order valence-electron chi connectivity index (χ4n) is 2.55. The molecule has 0 spiro atoms. The van der Waals surface area contributed by atoms with E-state index in [2.05, 4.69) is 39.6 Å². The van der Waals surface area contributed by atoms with Gasteiger partial charge in [-0.2, -0.15) is 0 Å². The van der Waals surface area contributed by atoms with E-state index < -0.39 is 0 Å². The molecule has 20 heavy (non-hydrogen) atoms. The molecule has 2 aromatic rings. The average molecular weight is 288 g/mol. The summed E-state index contributed by atoms with van der Waals surface area (Å²) in [7, 11) is 1.91. The maximum Gasteiger partial charge on any atom is 0.134 e. The second-order valence-corrected chi connectivity index (χ2v) is 6.07. The molecule has 0 saturated heterocycles. The highest BCUT2D eigenvalue weighted by atomic mass is 32.1. The zero-order chi connectivity index (χ0) is 13.9. The van der Waals surface area contributed by atoms with Gasteiger partial charge >= 0.3 is 0 Å². The van der Waals surface area contributed by atoms with E-state index in [1.165, 1.54) is 10.4 Å². The number of nitrogens with zero attached hydrogens (tertiary/aromatic N) is 3. The lowest BCUT2D eigenvalue weighted by Crippen LogP contribution is -2.30. The number of hydrogen-bond acceptors (Lipinski definition) is 5. The molecular weight excluding hydrogens is 268 g/mol. The van der Waals surface area contributed by atoms with Crippen LogP contribution >= 0.6 is 11.3 Å².